The van der Waals surface area contributed by atoms with Crippen LogP contribution in [0, 0.1) is 0 Å². The molecule has 28 heavy (non-hydrogen) atoms. The SMILES string of the molecule is CCCc1ccc(S(=O)(=O)Nc2ccc(CC(=O)NCC(=O)OC)cc2)cc1. The number of anilines is 1. The number of ether oxygens (including phenoxy) is 1. The molecule has 8 heteroatoms. The van der Waals surface area contributed by atoms with Crippen LogP contribution >= 0.6 is 0 Å². The zero-order valence-electron chi connectivity index (χ0n) is 15.9. The van der Waals surface area contributed by atoms with Gasteiger partial charge in [-0.1, -0.05) is 37.6 Å². The quantitative estimate of drug-likeness (QED) is 0.625. The van der Waals surface area contributed by atoms with Gasteiger partial charge in [-0.05, 0) is 41.8 Å². The summed E-state index contributed by atoms with van der Waals surface area (Å²) in [5.41, 5.74) is 2.18. The maximum absolute atomic E-state index is 12.5. The van der Waals surface area contributed by atoms with E-state index in [1.807, 2.05) is 12.1 Å². The second-order valence-corrected chi connectivity index (χ2v) is 7.91. The first-order chi connectivity index (χ1) is 13.3. The fraction of sp³-hybridized carbons (Fsp3) is 0.300. The van der Waals surface area contributed by atoms with Gasteiger partial charge in [0.05, 0.1) is 18.4 Å². The summed E-state index contributed by atoms with van der Waals surface area (Å²) in [7, 11) is -2.44. The van der Waals surface area contributed by atoms with Crippen LogP contribution in [0.4, 0.5) is 5.69 Å². The Morgan fingerprint density at radius 2 is 1.57 bits per heavy atom. The Morgan fingerprint density at radius 3 is 2.14 bits per heavy atom. The first kappa shape index (κ1) is 21.4. The van der Waals surface area contributed by atoms with Gasteiger partial charge in [0.1, 0.15) is 6.54 Å². The van der Waals surface area contributed by atoms with Crippen LogP contribution in [-0.4, -0.2) is 33.9 Å². The molecule has 0 radical (unpaired) electrons. The molecule has 1 amide bonds. The van der Waals surface area contributed by atoms with Crippen LogP contribution < -0.4 is 10.0 Å². The number of benzene rings is 2. The highest BCUT2D eigenvalue weighted by molar-refractivity contribution is 7.92. The van der Waals surface area contributed by atoms with E-state index in [2.05, 4.69) is 21.7 Å². The highest BCUT2D eigenvalue weighted by Crippen LogP contribution is 2.18. The maximum Gasteiger partial charge on any atom is 0.325 e. The summed E-state index contributed by atoms with van der Waals surface area (Å²) in [6.07, 6.45) is 1.97. The number of amides is 1. The van der Waals surface area contributed by atoms with E-state index < -0.39 is 16.0 Å². The molecule has 0 aromatic heterocycles. The molecule has 2 aromatic carbocycles. The number of hydrogen-bond donors (Lipinski definition) is 2. The first-order valence-corrected chi connectivity index (χ1v) is 10.4. The molecule has 0 fully saturated rings. The fourth-order valence-corrected chi connectivity index (χ4v) is 3.58. The molecule has 0 unspecified atom stereocenters. The van der Waals surface area contributed by atoms with Crippen molar-refractivity contribution in [3.05, 3.63) is 59.7 Å². The second-order valence-electron chi connectivity index (χ2n) is 6.23. The Hall–Kier alpha value is -2.87. The summed E-state index contributed by atoms with van der Waals surface area (Å²) in [6, 6.07) is 13.3. The molecule has 0 heterocycles. The summed E-state index contributed by atoms with van der Waals surface area (Å²) >= 11 is 0. The molecule has 0 aliphatic heterocycles. The van der Waals surface area contributed by atoms with Crippen LogP contribution in [0.15, 0.2) is 53.4 Å². The van der Waals surface area contributed by atoms with Crippen molar-refractivity contribution in [3.63, 3.8) is 0 Å². The van der Waals surface area contributed by atoms with Crippen LogP contribution in [0.3, 0.4) is 0 Å². The Morgan fingerprint density at radius 1 is 0.964 bits per heavy atom. The number of carbonyl (C=O) groups is 2. The van der Waals surface area contributed by atoms with Gasteiger partial charge in [0.25, 0.3) is 10.0 Å². The molecule has 0 atom stereocenters. The lowest BCUT2D eigenvalue weighted by molar-refractivity contribution is -0.141. The van der Waals surface area contributed by atoms with Crippen molar-refractivity contribution >= 4 is 27.6 Å². The van der Waals surface area contributed by atoms with Crippen molar-refractivity contribution in [2.24, 2.45) is 0 Å². The van der Waals surface area contributed by atoms with Gasteiger partial charge < -0.3 is 10.1 Å². The number of carbonyl (C=O) groups excluding carboxylic acids is 2. The molecule has 150 valence electrons. The third-order valence-electron chi connectivity index (χ3n) is 4.00. The number of nitrogens with one attached hydrogen (secondary N) is 2. The van der Waals surface area contributed by atoms with Gasteiger partial charge in [-0.3, -0.25) is 14.3 Å². The Balaban J connectivity index is 1.97. The van der Waals surface area contributed by atoms with E-state index in [4.69, 9.17) is 0 Å². The van der Waals surface area contributed by atoms with Gasteiger partial charge in [-0.15, -0.1) is 0 Å². The molecule has 0 aliphatic carbocycles. The zero-order valence-corrected chi connectivity index (χ0v) is 16.7. The molecule has 0 saturated heterocycles. The number of methoxy groups -OCH3 is 1. The normalized spacial score (nSPS) is 10.9. The van der Waals surface area contributed by atoms with Gasteiger partial charge in [0.15, 0.2) is 0 Å². The number of hydrogen-bond acceptors (Lipinski definition) is 5. The van der Waals surface area contributed by atoms with Crippen LogP contribution in [0.2, 0.25) is 0 Å². The molecular weight excluding hydrogens is 380 g/mol. The molecule has 2 aromatic rings. The summed E-state index contributed by atoms with van der Waals surface area (Å²) in [4.78, 5) is 23.0. The molecule has 2 N–H and O–H groups in total. The number of rotatable bonds is 9. The minimum Gasteiger partial charge on any atom is -0.468 e. The van der Waals surface area contributed by atoms with E-state index in [9.17, 15) is 18.0 Å². The number of sulfonamides is 1. The maximum atomic E-state index is 12.5. The monoisotopic (exact) mass is 404 g/mol. The van der Waals surface area contributed by atoms with E-state index >= 15 is 0 Å². The van der Waals surface area contributed by atoms with Gasteiger partial charge in [-0.2, -0.15) is 0 Å². The Kier molecular flexibility index (Phi) is 7.57. The molecule has 7 nitrogen and oxygen atoms in total. The van der Waals surface area contributed by atoms with Gasteiger partial charge in [0.2, 0.25) is 5.91 Å². The van der Waals surface area contributed by atoms with E-state index in [1.165, 1.54) is 7.11 Å². The molecular formula is C20H24N2O5S. The van der Waals surface area contributed by atoms with Crippen molar-refractivity contribution in [1.29, 1.82) is 0 Å². The van der Waals surface area contributed by atoms with Gasteiger partial charge in [-0.25, -0.2) is 8.42 Å². The molecule has 0 saturated carbocycles. The van der Waals surface area contributed by atoms with Gasteiger partial charge in [0, 0.05) is 5.69 Å². The minimum absolute atomic E-state index is 0.0723. The average Bonchev–Trinajstić information content (AvgIpc) is 2.68. The van der Waals surface area contributed by atoms with Crippen molar-refractivity contribution in [1.82, 2.24) is 5.32 Å². The molecule has 0 bridgehead atoms. The Bertz CT molecular complexity index is 907. The number of esters is 1. The molecule has 0 spiro atoms. The minimum atomic E-state index is -3.68. The highest BCUT2D eigenvalue weighted by Gasteiger charge is 2.14. The van der Waals surface area contributed by atoms with Crippen LogP contribution in [0.1, 0.15) is 24.5 Å². The van der Waals surface area contributed by atoms with Crippen molar-refractivity contribution in [2.75, 3.05) is 18.4 Å². The van der Waals surface area contributed by atoms with Crippen LogP contribution in [0.25, 0.3) is 0 Å². The number of aryl methyl sites for hydroxylation is 1. The molecule has 0 aliphatic rings. The lowest BCUT2D eigenvalue weighted by Crippen LogP contribution is -2.31. The van der Waals surface area contributed by atoms with E-state index in [0.29, 0.717) is 11.3 Å². The third-order valence-corrected chi connectivity index (χ3v) is 5.40. The van der Waals surface area contributed by atoms with Crippen molar-refractivity contribution in [2.45, 2.75) is 31.1 Å². The highest BCUT2D eigenvalue weighted by atomic mass is 32.2. The smallest absolute Gasteiger partial charge is 0.325 e. The largest absolute Gasteiger partial charge is 0.468 e. The predicted octanol–water partition coefficient (Wildman–Crippen LogP) is 2.27. The molecule has 2 rings (SSSR count). The van der Waals surface area contributed by atoms with Crippen molar-refractivity contribution in [3.8, 4) is 0 Å². The van der Waals surface area contributed by atoms with E-state index in [1.54, 1.807) is 36.4 Å². The lowest BCUT2D eigenvalue weighted by Gasteiger charge is -2.10. The first-order valence-electron chi connectivity index (χ1n) is 8.88. The lowest BCUT2D eigenvalue weighted by atomic mass is 10.1. The van der Waals surface area contributed by atoms with E-state index in [-0.39, 0.29) is 23.8 Å². The van der Waals surface area contributed by atoms with Crippen LogP contribution in [0.5, 0.6) is 0 Å². The second kappa shape index (κ2) is 9.89. The fourth-order valence-electron chi connectivity index (χ4n) is 2.52. The van der Waals surface area contributed by atoms with Gasteiger partial charge >= 0.3 is 5.97 Å². The predicted molar refractivity (Wildman–Crippen MR) is 106 cm³/mol. The van der Waals surface area contributed by atoms with Crippen LogP contribution in [-0.2, 0) is 37.2 Å². The summed E-state index contributed by atoms with van der Waals surface area (Å²) in [5.74, 6) is -0.855. The summed E-state index contributed by atoms with van der Waals surface area (Å²) in [5, 5.41) is 2.44. The zero-order chi connectivity index (χ0) is 20.6. The third kappa shape index (κ3) is 6.38. The average molecular weight is 404 g/mol. The standard InChI is InChI=1S/C20H24N2O5S/c1-3-4-15-7-11-18(12-8-15)28(25,26)22-17-9-5-16(6-10-17)13-19(23)21-14-20(24)27-2/h5-12,22H,3-4,13-14H2,1-2H3,(H,21,23). The topological polar surface area (TPSA) is 102 Å². The van der Waals surface area contributed by atoms with E-state index in [0.717, 1.165) is 18.4 Å². The summed E-state index contributed by atoms with van der Waals surface area (Å²) < 4.78 is 32.0. The Labute approximate surface area is 165 Å². The summed E-state index contributed by atoms with van der Waals surface area (Å²) in [6.45, 7) is 1.88. The van der Waals surface area contributed by atoms with Crippen molar-refractivity contribution < 1.29 is 22.7 Å².